The van der Waals surface area contributed by atoms with Crippen molar-refractivity contribution in [3.05, 3.63) is 36.5 Å². The Morgan fingerprint density at radius 3 is 2.68 bits per heavy atom. The molecule has 0 saturated heterocycles. The summed E-state index contributed by atoms with van der Waals surface area (Å²) in [7, 11) is 0. The lowest BCUT2D eigenvalue weighted by molar-refractivity contribution is -0.164. The normalized spacial score (nSPS) is 39.2. The van der Waals surface area contributed by atoms with Gasteiger partial charge in [-0.2, -0.15) is 0 Å². The fourth-order valence-corrected chi connectivity index (χ4v) is 5.03. The predicted octanol–water partition coefficient (Wildman–Crippen LogP) is 5.37. The highest BCUT2D eigenvalue weighted by Gasteiger charge is 2.57. The zero-order valence-electron chi connectivity index (χ0n) is 14.3. The van der Waals surface area contributed by atoms with Gasteiger partial charge in [0.15, 0.2) is 0 Å². The van der Waals surface area contributed by atoms with Crippen LogP contribution in [0.25, 0.3) is 0 Å². The lowest BCUT2D eigenvalue weighted by Gasteiger charge is -2.57. The van der Waals surface area contributed by atoms with Gasteiger partial charge in [-0.15, -0.1) is 0 Å². The van der Waals surface area contributed by atoms with Gasteiger partial charge in [0.25, 0.3) is 0 Å². The largest absolute Gasteiger partial charge is 0.481 e. The molecule has 1 N–H and O–H groups in total. The number of allylic oxidation sites excluding steroid dienone is 4. The number of fused-ring (bicyclic) bond motifs is 1. The molecule has 0 unspecified atom stereocenters. The summed E-state index contributed by atoms with van der Waals surface area (Å²) in [6.07, 6.45) is 9.95. The highest BCUT2D eigenvalue weighted by atomic mass is 16.4. The predicted molar refractivity (Wildman–Crippen MR) is 91.6 cm³/mol. The summed E-state index contributed by atoms with van der Waals surface area (Å²) in [5, 5.41) is 9.81. The topological polar surface area (TPSA) is 37.3 Å². The number of hydrogen-bond acceptors (Lipinski definition) is 1. The maximum atomic E-state index is 11.9. The number of carboxylic acids is 1. The lowest BCUT2D eigenvalue weighted by atomic mass is 9.46. The Hall–Kier alpha value is -1.31. The lowest BCUT2D eigenvalue weighted by Crippen LogP contribution is -2.53. The third kappa shape index (κ3) is 2.68. The summed E-state index contributed by atoms with van der Waals surface area (Å²) in [5.74, 6) is 0.0202. The van der Waals surface area contributed by atoms with E-state index < -0.39 is 11.4 Å². The Morgan fingerprint density at radius 2 is 2.09 bits per heavy atom. The van der Waals surface area contributed by atoms with E-state index in [-0.39, 0.29) is 11.3 Å². The molecule has 2 nitrogen and oxygen atoms in total. The van der Waals surface area contributed by atoms with Crippen LogP contribution >= 0.6 is 0 Å². The quantitative estimate of drug-likeness (QED) is 0.559. The van der Waals surface area contributed by atoms with Gasteiger partial charge in [-0.1, -0.05) is 49.8 Å². The fraction of sp³-hybridized carbons (Fsp3) is 0.650. The highest BCUT2D eigenvalue weighted by Crippen LogP contribution is 2.61. The van der Waals surface area contributed by atoms with E-state index in [0.717, 1.165) is 38.5 Å². The molecule has 2 fully saturated rings. The van der Waals surface area contributed by atoms with Crippen molar-refractivity contribution in [2.45, 2.75) is 59.3 Å². The average molecular weight is 302 g/mol. The average Bonchev–Trinajstić information content (AvgIpc) is 2.45. The Labute approximate surface area is 135 Å². The molecule has 0 bridgehead atoms. The van der Waals surface area contributed by atoms with Crippen LogP contribution in [-0.2, 0) is 4.79 Å². The molecule has 4 atom stereocenters. The van der Waals surface area contributed by atoms with E-state index in [4.69, 9.17) is 0 Å². The fourth-order valence-electron chi connectivity index (χ4n) is 5.03. The van der Waals surface area contributed by atoms with Crippen LogP contribution in [0.15, 0.2) is 36.5 Å². The molecule has 0 aromatic rings. The second kappa shape index (κ2) is 6.06. The molecule has 2 aliphatic rings. The van der Waals surface area contributed by atoms with Crippen molar-refractivity contribution < 1.29 is 9.90 Å². The van der Waals surface area contributed by atoms with Gasteiger partial charge >= 0.3 is 5.97 Å². The minimum absolute atomic E-state index is 0.0542. The second-order valence-electron chi connectivity index (χ2n) is 7.77. The molecule has 0 radical (unpaired) electrons. The van der Waals surface area contributed by atoms with Gasteiger partial charge in [-0.3, -0.25) is 4.79 Å². The summed E-state index contributed by atoms with van der Waals surface area (Å²) < 4.78 is 0. The summed E-state index contributed by atoms with van der Waals surface area (Å²) in [6, 6.07) is 0. The summed E-state index contributed by atoms with van der Waals surface area (Å²) in [5.41, 5.74) is 1.97. The van der Waals surface area contributed by atoms with E-state index in [2.05, 4.69) is 33.1 Å². The van der Waals surface area contributed by atoms with E-state index in [1.807, 2.05) is 13.0 Å². The van der Waals surface area contributed by atoms with Gasteiger partial charge in [0.1, 0.15) is 0 Å². The first-order chi connectivity index (χ1) is 10.3. The van der Waals surface area contributed by atoms with E-state index >= 15 is 0 Å². The molecule has 22 heavy (non-hydrogen) atoms. The number of carbonyl (C=O) groups is 1. The second-order valence-corrected chi connectivity index (χ2v) is 7.77. The van der Waals surface area contributed by atoms with Crippen molar-refractivity contribution in [2.75, 3.05) is 0 Å². The van der Waals surface area contributed by atoms with Crippen LogP contribution in [0.5, 0.6) is 0 Å². The molecule has 2 rings (SSSR count). The van der Waals surface area contributed by atoms with Crippen LogP contribution in [0.4, 0.5) is 0 Å². The Bertz CT molecular complexity index is 516. The third-order valence-corrected chi connectivity index (χ3v) is 6.51. The summed E-state index contributed by atoms with van der Waals surface area (Å²) in [4.78, 5) is 11.9. The van der Waals surface area contributed by atoms with Crippen molar-refractivity contribution in [3.63, 3.8) is 0 Å². The van der Waals surface area contributed by atoms with E-state index in [0.29, 0.717) is 5.92 Å². The van der Waals surface area contributed by atoms with Gasteiger partial charge in [0.2, 0.25) is 0 Å². The molecule has 122 valence electrons. The molecule has 0 spiro atoms. The van der Waals surface area contributed by atoms with Crippen molar-refractivity contribution in [2.24, 2.45) is 22.7 Å². The van der Waals surface area contributed by atoms with E-state index in [1.165, 1.54) is 11.1 Å². The Balaban J connectivity index is 2.36. The van der Waals surface area contributed by atoms with Gasteiger partial charge in [0, 0.05) is 0 Å². The van der Waals surface area contributed by atoms with Crippen LogP contribution < -0.4 is 0 Å². The van der Waals surface area contributed by atoms with Gasteiger partial charge in [-0.05, 0) is 63.2 Å². The summed E-state index contributed by atoms with van der Waals surface area (Å²) in [6.45, 7) is 14.5. The minimum atomic E-state index is -0.618. The highest BCUT2D eigenvalue weighted by molar-refractivity contribution is 5.75. The van der Waals surface area contributed by atoms with Crippen molar-refractivity contribution in [3.8, 4) is 0 Å². The van der Waals surface area contributed by atoms with Crippen molar-refractivity contribution >= 4 is 5.97 Å². The number of carboxylic acid groups (broad SMARTS) is 1. The monoisotopic (exact) mass is 302 g/mol. The first kappa shape index (κ1) is 17.1. The number of hydrogen-bond donors (Lipinski definition) is 1. The molecule has 0 aromatic carbocycles. The van der Waals surface area contributed by atoms with Crippen LogP contribution in [-0.4, -0.2) is 11.1 Å². The molecule has 0 aliphatic heterocycles. The molecule has 0 aromatic heterocycles. The molecule has 2 aliphatic carbocycles. The maximum absolute atomic E-state index is 11.9. The Morgan fingerprint density at radius 1 is 1.41 bits per heavy atom. The summed E-state index contributed by atoms with van der Waals surface area (Å²) >= 11 is 0. The molecule has 2 saturated carbocycles. The van der Waals surface area contributed by atoms with Gasteiger partial charge < -0.3 is 5.11 Å². The molecule has 0 heterocycles. The first-order valence-electron chi connectivity index (χ1n) is 8.46. The van der Waals surface area contributed by atoms with Crippen LogP contribution in [0.2, 0.25) is 0 Å². The molecular formula is C20H30O2. The molecule has 2 heteroatoms. The van der Waals surface area contributed by atoms with E-state index in [1.54, 1.807) is 0 Å². The minimum Gasteiger partial charge on any atom is -0.481 e. The van der Waals surface area contributed by atoms with Crippen molar-refractivity contribution in [1.29, 1.82) is 0 Å². The standard InChI is InChI=1S/C20H30O2/c1-6-14(2)8-10-16-15(3)9-11-17-19(16,4)12-7-13-20(17,5)18(21)22/h6,8,16-17H,1,3,7,9-13H2,2,4-5H3,(H,21,22)/t16-,17-,19-,20-/m1/s1. The van der Waals surface area contributed by atoms with Gasteiger partial charge in [0.05, 0.1) is 5.41 Å². The Kier molecular flexibility index (Phi) is 4.70. The third-order valence-electron chi connectivity index (χ3n) is 6.51. The SMILES string of the molecule is C=CC(C)=CC[C@@H]1C(=C)CC[C@@H]2[C@]1(C)CCC[C@@]2(C)C(=O)O. The zero-order chi connectivity index (χ0) is 16.5. The molecule has 0 amide bonds. The van der Waals surface area contributed by atoms with Crippen molar-refractivity contribution in [1.82, 2.24) is 0 Å². The van der Waals surface area contributed by atoms with Gasteiger partial charge in [-0.25, -0.2) is 0 Å². The zero-order valence-corrected chi connectivity index (χ0v) is 14.3. The smallest absolute Gasteiger partial charge is 0.309 e. The number of aliphatic carboxylic acids is 1. The van der Waals surface area contributed by atoms with Crippen LogP contribution in [0, 0.1) is 22.7 Å². The van der Waals surface area contributed by atoms with E-state index in [9.17, 15) is 9.90 Å². The van der Waals surface area contributed by atoms with Crippen LogP contribution in [0.3, 0.4) is 0 Å². The molecular weight excluding hydrogens is 272 g/mol. The number of rotatable bonds is 4. The first-order valence-corrected chi connectivity index (χ1v) is 8.46. The maximum Gasteiger partial charge on any atom is 0.309 e. The van der Waals surface area contributed by atoms with Crippen LogP contribution in [0.1, 0.15) is 59.3 Å².